The highest BCUT2D eigenvalue weighted by molar-refractivity contribution is 7.53. The zero-order valence-corrected chi connectivity index (χ0v) is 21.0. The summed E-state index contributed by atoms with van der Waals surface area (Å²) >= 11 is 0. The van der Waals surface area contributed by atoms with Crippen LogP contribution < -0.4 is 19.8 Å². The maximum atomic E-state index is 12.8. The van der Waals surface area contributed by atoms with Crippen LogP contribution in [0, 0.1) is 0 Å². The monoisotopic (exact) mass is 524 g/mol. The van der Waals surface area contributed by atoms with Crippen molar-refractivity contribution in [2.24, 2.45) is 0 Å². The molecule has 0 saturated carbocycles. The molecule has 0 bridgehead atoms. The van der Waals surface area contributed by atoms with Crippen molar-refractivity contribution in [2.45, 2.75) is 27.0 Å². The number of ether oxygens (including phenoxy) is 3. The normalized spacial score (nSPS) is 11.5. The van der Waals surface area contributed by atoms with E-state index in [0.717, 1.165) is 0 Å². The molecule has 36 heavy (non-hydrogen) atoms. The van der Waals surface area contributed by atoms with Crippen LogP contribution in [-0.2, 0) is 20.2 Å². The number of hydrogen-bond acceptors (Lipinski definition) is 8. The van der Waals surface area contributed by atoms with Gasteiger partial charge in [0, 0.05) is 11.6 Å². The maximum absolute atomic E-state index is 12.8. The fraction of sp³-hybridized carbons (Fsp3) is 0.333. The van der Waals surface area contributed by atoms with Crippen molar-refractivity contribution in [3.8, 4) is 28.5 Å². The summed E-state index contributed by atoms with van der Waals surface area (Å²) in [4.78, 5) is 12.5. The first-order valence-corrected chi connectivity index (χ1v) is 12.8. The molecular formula is C24H27F2N2O7P. The number of halogens is 2. The molecule has 12 heteroatoms. The number of rotatable bonds is 13. The molecule has 1 aromatic heterocycles. The molecule has 0 radical (unpaired) electrons. The van der Waals surface area contributed by atoms with Crippen LogP contribution in [-0.4, -0.2) is 43.1 Å². The Balaban J connectivity index is 1.81. The summed E-state index contributed by atoms with van der Waals surface area (Å²) in [6, 6.07) is 14.2. The lowest BCUT2D eigenvalue weighted by molar-refractivity contribution is -0.0511. The molecule has 2 aromatic carbocycles. The fourth-order valence-corrected chi connectivity index (χ4v) is 4.62. The Bertz CT molecular complexity index is 1260. The summed E-state index contributed by atoms with van der Waals surface area (Å²) in [5.74, 6) is 0.411. The molecular weight excluding hydrogens is 497 g/mol. The lowest BCUT2D eigenvalue weighted by Gasteiger charge is -2.17. The molecule has 0 aliphatic rings. The van der Waals surface area contributed by atoms with Crippen LogP contribution in [0.15, 0.2) is 59.4 Å². The van der Waals surface area contributed by atoms with Gasteiger partial charge >= 0.3 is 14.2 Å². The van der Waals surface area contributed by atoms with Crippen LogP contribution in [0.2, 0.25) is 0 Å². The summed E-state index contributed by atoms with van der Waals surface area (Å²) in [6.07, 6.45) is -0.258. The van der Waals surface area contributed by atoms with Gasteiger partial charge in [-0.15, -0.1) is 0 Å². The van der Waals surface area contributed by atoms with Gasteiger partial charge in [-0.05, 0) is 55.8 Å². The number of aromatic nitrogens is 2. The van der Waals surface area contributed by atoms with E-state index in [0.29, 0.717) is 22.6 Å². The van der Waals surface area contributed by atoms with E-state index in [1.165, 1.54) is 36.1 Å². The van der Waals surface area contributed by atoms with Crippen molar-refractivity contribution in [2.75, 3.05) is 26.7 Å². The molecule has 9 nitrogen and oxygen atoms in total. The molecule has 0 amide bonds. The van der Waals surface area contributed by atoms with E-state index in [1.54, 1.807) is 44.2 Å². The predicted molar refractivity (Wildman–Crippen MR) is 129 cm³/mol. The third-order valence-electron chi connectivity index (χ3n) is 4.81. The van der Waals surface area contributed by atoms with E-state index < -0.39 is 14.2 Å². The Morgan fingerprint density at radius 3 is 2.42 bits per heavy atom. The van der Waals surface area contributed by atoms with E-state index in [2.05, 4.69) is 9.84 Å². The van der Waals surface area contributed by atoms with Crippen molar-refractivity contribution < 1.29 is 36.6 Å². The van der Waals surface area contributed by atoms with Crippen molar-refractivity contribution in [1.29, 1.82) is 0 Å². The van der Waals surface area contributed by atoms with Crippen LogP contribution in [0.4, 0.5) is 8.78 Å². The molecule has 0 N–H and O–H groups in total. The van der Waals surface area contributed by atoms with E-state index in [4.69, 9.17) is 18.5 Å². The number of nitrogens with zero attached hydrogens (tertiary/aromatic N) is 2. The largest absolute Gasteiger partial charge is 0.493 e. The highest BCUT2D eigenvalue weighted by Gasteiger charge is 2.24. The quantitative estimate of drug-likeness (QED) is 0.283. The van der Waals surface area contributed by atoms with Crippen LogP contribution in [0.3, 0.4) is 0 Å². The second kappa shape index (κ2) is 12.6. The molecule has 0 fully saturated rings. The molecule has 0 aliphatic heterocycles. The standard InChI is InChI=1S/C24H27F2N2O7P/c1-4-33-36(30,34-5-2)16-32-19-8-6-7-17(13-19)15-28-23(29)12-10-20(27-28)18-9-11-21(31-3)22(14-18)35-24(25)26/h6-14,24H,4-5,15-16H2,1-3H3. The zero-order valence-electron chi connectivity index (χ0n) is 20.1. The minimum absolute atomic E-state index is 0.106. The van der Waals surface area contributed by atoms with E-state index in [-0.39, 0.29) is 43.2 Å². The number of benzene rings is 2. The van der Waals surface area contributed by atoms with Gasteiger partial charge in [0.15, 0.2) is 17.8 Å². The maximum Gasteiger partial charge on any atom is 0.387 e. The summed E-state index contributed by atoms with van der Waals surface area (Å²) in [7, 11) is -2.05. The van der Waals surface area contributed by atoms with Gasteiger partial charge in [0.25, 0.3) is 5.56 Å². The van der Waals surface area contributed by atoms with Crippen LogP contribution in [0.25, 0.3) is 11.3 Å². The van der Waals surface area contributed by atoms with Crippen molar-refractivity contribution in [3.05, 3.63) is 70.5 Å². The van der Waals surface area contributed by atoms with Crippen molar-refractivity contribution >= 4 is 7.60 Å². The lowest BCUT2D eigenvalue weighted by Crippen LogP contribution is -2.22. The Morgan fingerprint density at radius 1 is 1.00 bits per heavy atom. The third-order valence-corrected chi connectivity index (χ3v) is 6.56. The van der Waals surface area contributed by atoms with Gasteiger partial charge in [0.2, 0.25) is 0 Å². The number of methoxy groups -OCH3 is 1. The first kappa shape index (κ1) is 27.3. The van der Waals surface area contributed by atoms with Gasteiger partial charge in [-0.1, -0.05) is 12.1 Å². The van der Waals surface area contributed by atoms with Crippen molar-refractivity contribution in [1.82, 2.24) is 9.78 Å². The Kier molecular flexibility index (Phi) is 9.58. The molecule has 0 atom stereocenters. The summed E-state index contributed by atoms with van der Waals surface area (Å²) in [5, 5.41) is 4.37. The predicted octanol–water partition coefficient (Wildman–Crippen LogP) is 5.17. The third kappa shape index (κ3) is 7.36. The first-order chi connectivity index (χ1) is 17.3. The molecule has 3 rings (SSSR count). The molecule has 3 aromatic rings. The number of hydrogen-bond donors (Lipinski definition) is 0. The smallest absolute Gasteiger partial charge is 0.387 e. The number of alkyl halides is 2. The van der Waals surface area contributed by atoms with Crippen molar-refractivity contribution in [3.63, 3.8) is 0 Å². The highest BCUT2D eigenvalue weighted by Crippen LogP contribution is 2.47. The summed E-state index contributed by atoms with van der Waals surface area (Å²) in [5.41, 5.74) is 1.16. The minimum Gasteiger partial charge on any atom is -0.493 e. The molecule has 1 heterocycles. The van der Waals surface area contributed by atoms with Gasteiger partial charge in [-0.3, -0.25) is 9.36 Å². The average molecular weight is 524 g/mol. The first-order valence-electron chi connectivity index (χ1n) is 11.1. The van der Waals surface area contributed by atoms with Gasteiger partial charge in [0.05, 0.1) is 32.6 Å². The zero-order chi connectivity index (χ0) is 26.1. The van der Waals surface area contributed by atoms with Gasteiger partial charge < -0.3 is 23.3 Å². The second-order valence-corrected chi connectivity index (χ2v) is 9.32. The molecule has 0 spiro atoms. The Morgan fingerprint density at radius 2 is 1.75 bits per heavy atom. The second-order valence-electron chi connectivity index (χ2n) is 7.33. The topological polar surface area (TPSA) is 98.1 Å². The molecule has 0 saturated heterocycles. The van der Waals surface area contributed by atoms with Gasteiger partial charge in [-0.2, -0.15) is 13.9 Å². The van der Waals surface area contributed by atoms with Crippen LogP contribution >= 0.6 is 7.60 Å². The van der Waals surface area contributed by atoms with Crippen LogP contribution in [0.5, 0.6) is 17.2 Å². The molecule has 194 valence electrons. The fourth-order valence-electron chi connectivity index (χ4n) is 3.31. The van der Waals surface area contributed by atoms with Crippen LogP contribution in [0.1, 0.15) is 19.4 Å². The highest BCUT2D eigenvalue weighted by atomic mass is 31.2. The SMILES string of the molecule is CCOP(=O)(COc1cccc(Cn2nc(-c3ccc(OC)c(OC(F)F)c3)ccc2=O)c1)OCC. The lowest BCUT2D eigenvalue weighted by atomic mass is 10.1. The van der Waals surface area contributed by atoms with E-state index in [1.807, 2.05) is 0 Å². The average Bonchev–Trinajstić information content (AvgIpc) is 2.84. The van der Waals surface area contributed by atoms with E-state index in [9.17, 15) is 18.1 Å². The minimum atomic E-state index is -3.39. The van der Waals surface area contributed by atoms with Gasteiger partial charge in [0.1, 0.15) is 5.75 Å². The summed E-state index contributed by atoms with van der Waals surface area (Å²) in [6.45, 7) is 0.939. The Hall–Kier alpha value is -3.27. The van der Waals surface area contributed by atoms with Gasteiger partial charge in [-0.25, -0.2) is 4.68 Å². The van der Waals surface area contributed by atoms with E-state index >= 15 is 0 Å². The molecule has 0 unspecified atom stereocenters. The molecule has 0 aliphatic carbocycles. The summed E-state index contributed by atoms with van der Waals surface area (Å²) < 4.78 is 65.1. The Labute approximate surface area is 207 Å².